The van der Waals surface area contributed by atoms with Crippen molar-refractivity contribution in [2.45, 2.75) is 37.3 Å². The SMILES string of the molecule is CC(=O)OC[C@H]1[C][C][C@H]2N=C(N3CCCC3)S[C@H]2O1. The van der Waals surface area contributed by atoms with Gasteiger partial charge in [-0.25, -0.2) is 0 Å². The van der Waals surface area contributed by atoms with Gasteiger partial charge in [-0.2, -0.15) is 0 Å². The summed E-state index contributed by atoms with van der Waals surface area (Å²) < 4.78 is 10.8. The summed E-state index contributed by atoms with van der Waals surface area (Å²) in [6.07, 6.45) is 8.21. The number of aliphatic imine (C=N–C) groups is 1. The summed E-state index contributed by atoms with van der Waals surface area (Å²) >= 11 is 1.64. The van der Waals surface area contributed by atoms with Gasteiger partial charge in [-0.3, -0.25) is 9.79 Å². The van der Waals surface area contributed by atoms with Crippen molar-refractivity contribution in [1.29, 1.82) is 0 Å². The number of ether oxygens (including phenoxy) is 2. The van der Waals surface area contributed by atoms with E-state index in [1.807, 2.05) is 0 Å². The molecule has 0 bridgehead atoms. The molecule has 0 aromatic rings. The second-order valence-corrected chi connectivity index (χ2v) is 5.82. The standard InChI is InChI=1S/C13H16N2O3S/c1-9(16)17-8-10-4-5-11-12(18-10)19-13(14-11)15-6-2-3-7-15/h10-12H,2-3,6-8H2,1H3/t10-,11-,12-/m1/s1. The second-order valence-electron chi connectivity index (χ2n) is 4.75. The van der Waals surface area contributed by atoms with Crippen LogP contribution in [0.5, 0.6) is 0 Å². The number of carbonyl (C=O) groups excluding carboxylic acids is 1. The largest absolute Gasteiger partial charge is 0.463 e. The van der Waals surface area contributed by atoms with Gasteiger partial charge in [0.1, 0.15) is 18.1 Å². The van der Waals surface area contributed by atoms with Crippen LogP contribution in [0.1, 0.15) is 19.8 Å². The minimum Gasteiger partial charge on any atom is -0.463 e. The molecule has 19 heavy (non-hydrogen) atoms. The summed E-state index contributed by atoms with van der Waals surface area (Å²) in [5.41, 5.74) is -0.0580. The van der Waals surface area contributed by atoms with Crippen LogP contribution in [-0.4, -0.2) is 53.3 Å². The topological polar surface area (TPSA) is 51.1 Å². The third-order valence-corrected chi connectivity index (χ3v) is 4.41. The van der Waals surface area contributed by atoms with Gasteiger partial charge in [-0.05, 0) is 12.8 Å². The Bertz CT molecular complexity index is 382. The Hall–Kier alpha value is -0.750. The van der Waals surface area contributed by atoms with Crippen molar-refractivity contribution in [2.24, 2.45) is 4.99 Å². The number of fused-ring (bicyclic) bond motifs is 1. The van der Waals surface area contributed by atoms with Crippen molar-refractivity contribution in [3.63, 3.8) is 0 Å². The van der Waals surface area contributed by atoms with Crippen LogP contribution in [0.3, 0.4) is 0 Å². The van der Waals surface area contributed by atoms with Gasteiger partial charge in [-0.15, -0.1) is 0 Å². The zero-order valence-corrected chi connectivity index (χ0v) is 11.6. The molecular formula is C13H16N2O3S. The van der Waals surface area contributed by atoms with E-state index in [4.69, 9.17) is 9.47 Å². The third-order valence-electron chi connectivity index (χ3n) is 3.23. The molecule has 3 heterocycles. The number of hydrogen-bond donors (Lipinski definition) is 0. The highest BCUT2D eigenvalue weighted by molar-refractivity contribution is 8.14. The molecule has 6 heteroatoms. The van der Waals surface area contributed by atoms with Crippen LogP contribution < -0.4 is 0 Å². The number of nitrogens with zero attached hydrogens (tertiary/aromatic N) is 2. The third kappa shape index (κ3) is 3.05. The molecule has 4 radical (unpaired) electrons. The molecule has 0 aromatic carbocycles. The van der Waals surface area contributed by atoms with Gasteiger partial charge < -0.3 is 14.4 Å². The van der Waals surface area contributed by atoms with E-state index >= 15 is 0 Å². The fourth-order valence-corrected chi connectivity index (χ4v) is 3.46. The smallest absolute Gasteiger partial charge is 0.302 e. The van der Waals surface area contributed by atoms with Gasteiger partial charge in [0.15, 0.2) is 5.17 Å². The average Bonchev–Trinajstić information content (AvgIpc) is 3.04. The maximum absolute atomic E-state index is 10.8. The van der Waals surface area contributed by atoms with Gasteiger partial charge in [0, 0.05) is 32.9 Å². The summed E-state index contributed by atoms with van der Waals surface area (Å²) in [7, 11) is 0. The molecule has 3 aliphatic heterocycles. The van der Waals surface area contributed by atoms with Gasteiger partial charge in [0.2, 0.25) is 0 Å². The van der Waals surface area contributed by atoms with Crippen LogP contribution in [-0.2, 0) is 14.3 Å². The number of likely N-dealkylation sites (tertiary alicyclic amines) is 1. The molecule has 0 N–H and O–H groups in total. The lowest BCUT2D eigenvalue weighted by Gasteiger charge is -2.29. The molecule has 2 fully saturated rings. The van der Waals surface area contributed by atoms with Crippen LogP contribution in [0.2, 0.25) is 0 Å². The lowest BCUT2D eigenvalue weighted by Crippen LogP contribution is -2.37. The minimum atomic E-state index is -0.328. The zero-order valence-electron chi connectivity index (χ0n) is 10.8. The molecule has 0 amide bonds. The minimum absolute atomic E-state index is 0.0580. The molecule has 0 saturated carbocycles. The highest BCUT2D eigenvalue weighted by Gasteiger charge is 2.40. The summed E-state index contributed by atoms with van der Waals surface area (Å²) in [6, 6.07) is -0.0748. The van der Waals surface area contributed by atoms with E-state index in [2.05, 4.69) is 22.7 Å². The Morgan fingerprint density at radius 1 is 1.53 bits per heavy atom. The Labute approximate surface area is 117 Å². The number of esters is 1. The summed E-state index contributed by atoms with van der Waals surface area (Å²) in [6.45, 7) is 3.74. The molecule has 3 aliphatic rings. The molecular weight excluding hydrogens is 264 g/mol. The Morgan fingerprint density at radius 3 is 3.05 bits per heavy atom. The van der Waals surface area contributed by atoms with Crippen LogP contribution in [0, 0.1) is 12.8 Å². The van der Waals surface area contributed by atoms with Crippen LogP contribution >= 0.6 is 11.8 Å². The summed E-state index contributed by atoms with van der Waals surface area (Å²) in [5, 5.41) is 1.05. The monoisotopic (exact) mass is 280 g/mol. The highest BCUT2D eigenvalue weighted by atomic mass is 32.2. The molecule has 3 rings (SSSR count). The molecule has 102 valence electrons. The quantitative estimate of drug-likeness (QED) is 0.706. The lowest BCUT2D eigenvalue weighted by atomic mass is 10.1. The zero-order chi connectivity index (χ0) is 13.2. The second kappa shape index (κ2) is 5.71. The maximum Gasteiger partial charge on any atom is 0.302 e. The normalized spacial score (nSPS) is 34.1. The van der Waals surface area contributed by atoms with Gasteiger partial charge in [0.05, 0.1) is 6.04 Å². The number of amidine groups is 1. The number of hydrogen-bond acceptors (Lipinski definition) is 6. The van der Waals surface area contributed by atoms with Crippen molar-refractivity contribution in [3.05, 3.63) is 12.8 Å². The first-order valence-electron chi connectivity index (χ1n) is 6.51. The molecule has 2 saturated heterocycles. The van der Waals surface area contributed by atoms with Gasteiger partial charge in [-0.1, -0.05) is 11.8 Å². The van der Waals surface area contributed by atoms with Crippen molar-refractivity contribution in [1.82, 2.24) is 4.90 Å². The van der Waals surface area contributed by atoms with Crippen LogP contribution in [0.15, 0.2) is 4.99 Å². The molecule has 5 nitrogen and oxygen atoms in total. The highest BCUT2D eigenvalue weighted by Crippen LogP contribution is 2.37. The maximum atomic E-state index is 10.8. The lowest BCUT2D eigenvalue weighted by molar-refractivity contribution is -0.145. The van der Waals surface area contributed by atoms with E-state index in [1.165, 1.54) is 19.8 Å². The molecule has 0 aliphatic carbocycles. The predicted molar refractivity (Wildman–Crippen MR) is 71.4 cm³/mol. The number of carbonyl (C=O) groups is 1. The Kier molecular flexibility index (Phi) is 3.98. The molecule has 3 atom stereocenters. The first-order chi connectivity index (χ1) is 9.22. The van der Waals surface area contributed by atoms with Crippen molar-refractivity contribution in [2.75, 3.05) is 19.7 Å². The van der Waals surface area contributed by atoms with E-state index in [0.717, 1.165) is 18.3 Å². The van der Waals surface area contributed by atoms with Crippen molar-refractivity contribution in [3.8, 4) is 0 Å². The van der Waals surface area contributed by atoms with E-state index < -0.39 is 0 Å². The fraction of sp³-hybridized carbons (Fsp3) is 0.692. The van der Waals surface area contributed by atoms with Gasteiger partial charge >= 0.3 is 5.97 Å². The van der Waals surface area contributed by atoms with Crippen LogP contribution in [0.4, 0.5) is 0 Å². The van der Waals surface area contributed by atoms with E-state index in [0.29, 0.717) is 0 Å². The Balaban J connectivity index is 1.53. The fourth-order valence-electron chi connectivity index (χ4n) is 2.29. The van der Waals surface area contributed by atoms with E-state index in [-0.39, 0.29) is 30.2 Å². The van der Waals surface area contributed by atoms with E-state index in [1.54, 1.807) is 11.8 Å². The average molecular weight is 280 g/mol. The molecule has 0 unspecified atom stereocenters. The van der Waals surface area contributed by atoms with Gasteiger partial charge in [0.25, 0.3) is 0 Å². The first kappa shape index (κ1) is 13.2. The number of rotatable bonds is 2. The first-order valence-corrected chi connectivity index (χ1v) is 7.39. The summed E-state index contributed by atoms with van der Waals surface area (Å²) in [5.74, 6) is -0.305. The molecule has 0 spiro atoms. The van der Waals surface area contributed by atoms with E-state index in [9.17, 15) is 4.79 Å². The van der Waals surface area contributed by atoms with Crippen molar-refractivity contribution < 1.29 is 14.3 Å². The molecule has 0 aromatic heterocycles. The van der Waals surface area contributed by atoms with Crippen molar-refractivity contribution >= 4 is 22.9 Å². The number of thioether (sulfide) groups is 1. The van der Waals surface area contributed by atoms with Crippen LogP contribution in [0.25, 0.3) is 0 Å². The summed E-state index contributed by atoms with van der Waals surface area (Å²) in [4.78, 5) is 17.7. The Morgan fingerprint density at radius 2 is 2.32 bits per heavy atom. The predicted octanol–water partition coefficient (Wildman–Crippen LogP) is 1.00.